The van der Waals surface area contributed by atoms with E-state index in [0.717, 1.165) is 17.9 Å². The molecule has 2 aromatic rings. The Kier molecular flexibility index (Phi) is 3.27. The topological polar surface area (TPSA) is 45.4 Å². The van der Waals surface area contributed by atoms with E-state index in [9.17, 15) is 0 Å². The molecule has 0 bridgehead atoms. The van der Waals surface area contributed by atoms with Crippen LogP contribution >= 0.6 is 0 Å². The van der Waals surface area contributed by atoms with Gasteiger partial charge >= 0.3 is 0 Å². The van der Waals surface area contributed by atoms with Crippen molar-refractivity contribution < 1.29 is 9.52 Å². The molecule has 0 fully saturated rings. The summed E-state index contributed by atoms with van der Waals surface area (Å²) in [5.74, 6) is 1.22. The molecule has 0 amide bonds. The van der Waals surface area contributed by atoms with Crippen molar-refractivity contribution in [1.29, 1.82) is 0 Å². The van der Waals surface area contributed by atoms with E-state index >= 15 is 0 Å². The highest BCUT2D eigenvalue weighted by Gasteiger charge is 2.06. The minimum Gasteiger partial charge on any atom is -0.508 e. The molecule has 1 aromatic carbocycles. The number of phenols is 1. The van der Waals surface area contributed by atoms with E-state index in [1.165, 1.54) is 0 Å². The van der Waals surface area contributed by atoms with Crippen LogP contribution in [0.15, 0.2) is 47.1 Å². The van der Waals surface area contributed by atoms with E-state index in [-0.39, 0.29) is 6.04 Å². The summed E-state index contributed by atoms with van der Waals surface area (Å²) in [6.45, 7) is 2.81. The number of hydrogen-bond donors (Lipinski definition) is 2. The molecule has 84 valence electrons. The van der Waals surface area contributed by atoms with Gasteiger partial charge in [0.25, 0.3) is 0 Å². The second-order valence-electron chi connectivity index (χ2n) is 3.78. The van der Waals surface area contributed by atoms with Gasteiger partial charge in [-0.2, -0.15) is 0 Å². The molecule has 2 rings (SSSR count). The first-order valence-electron chi connectivity index (χ1n) is 5.30. The van der Waals surface area contributed by atoms with Gasteiger partial charge in [-0.25, -0.2) is 0 Å². The van der Waals surface area contributed by atoms with Gasteiger partial charge in [0.15, 0.2) is 0 Å². The minimum absolute atomic E-state index is 0.184. The molecule has 1 unspecified atom stereocenters. The van der Waals surface area contributed by atoms with Crippen molar-refractivity contribution in [2.45, 2.75) is 19.5 Å². The molecular weight excluding hydrogens is 202 g/mol. The maximum Gasteiger partial charge on any atom is 0.120 e. The highest BCUT2D eigenvalue weighted by molar-refractivity contribution is 5.25. The second-order valence-corrected chi connectivity index (χ2v) is 3.78. The third-order valence-electron chi connectivity index (χ3n) is 2.52. The summed E-state index contributed by atoms with van der Waals surface area (Å²) >= 11 is 0. The molecule has 1 heterocycles. The van der Waals surface area contributed by atoms with Gasteiger partial charge in [-0.3, -0.25) is 0 Å². The molecule has 1 atom stereocenters. The number of nitrogens with one attached hydrogen (secondary N) is 1. The van der Waals surface area contributed by atoms with Crippen molar-refractivity contribution in [3.63, 3.8) is 0 Å². The lowest BCUT2D eigenvalue weighted by molar-refractivity contribution is 0.430. The number of benzene rings is 1. The van der Waals surface area contributed by atoms with Crippen LogP contribution in [0.4, 0.5) is 0 Å². The van der Waals surface area contributed by atoms with E-state index in [1.807, 2.05) is 24.3 Å². The molecule has 0 saturated carbocycles. The fourth-order valence-electron chi connectivity index (χ4n) is 1.52. The van der Waals surface area contributed by atoms with E-state index in [4.69, 9.17) is 9.52 Å². The van der Waals surface area contributed by atoms with E-state index in [0.29, 0.717) is 5.75 Å². The second kappa shape index (κ2) is 4.86. The van der Waals surface area contributed by atoms with Gasteiger partial charge in [0.1, 0.15) is 11.5 Å². The highest BCUT2D eigenvalue weighted by Crippen LogP contribution is 2.14. The lowest BCUT2D eigenvalue weighted by Gasteiger charge is -2.11. The molecule has 0 aliphatic rings. The molecular formula is C13H15NO2. The Morgan fingerprint density at radius 1 is 1.25 bits per heavy atom. The SMILES string of the molecule is CC(NCc1ccc(O)cc1)c1ccco1. The zero-order valence-electron chi connectivity index (χ0n) is 9.18. The zero-order valence-corrected chi connectivity index (χ0v) is 9.18. The van der Waals surface area contributed by atoms with Crippen LogP contribution in [-0.2, 0) is 6.54 Å². The van der Waals surface area contributed by atoms with Crippen molar-refractivity contribution >= 4 is 0 Å². The number of rotatable bonds is 4. The Bertz CT molecular complexity index is 420. The van der Waals surface area contributed by atoms with Gasteiger partial charge in [-0.1, -0.05) is 12.1 Å². The average Bonchev–Trinajstić information content (AvgIpc) is 2.81. The van der Waals surface area contributed by atoms with E-state index < -0.39 is 0 Å². The number of furan rings is 1. The first kappa shape index (κ1) is 10.8. The van der Waals surface area contributed by atoms with Crippen molar-refractivity contribution in [3.05, 3.63) is 54.0 Å². The van der Waals surface area contributed by atoms with E-state index in [1.54, 1.807) is 18.4 Å². The predicted molar refractivity (Wildman–Crippen MR) is 62.1 cm³/mol. The van der Waals surface area contributed by atoms with Crippen LogP contribution in [0.25, 0.3) is 0 Å². The first-order chi connectivity index (χ1) is 7.75. The number of phenolic OH excluding ortho intramolecular Hbond substituents is 1. The largest absolute Gasteiger partial charge is 0.508 e. The fraction of sp³-hybridized carbons (Fsp3) is 0.231. The predicted octanol–water partition coefficient (Wildman–Crippen LogP) is 2.84. The summed E-state index contributed by atoms with van der Waals surface area (Å²) in [5, 5.41) is 12.5. The molecule has 2 N–H and O–H groups in total. The smallest absolute Gasteiger partial charge is 0.120 e. The van der Waals surface area contributed by atoms with Crippen LogP contribution in [0.2, 0.25) is 0 Å². The van der Waals surface area contributed by atoms with Crippen LogP contribution in [0.1, 0.15) is 24.3 Å². The van der Waals surface area contributed by atoms with Gasteiger partial charge in [0, 0.05) is 6.54 Å². The Morgan fingerprint density at radius 3 is 2.62 bits per heavy atom. The lowest BCUT2D eigenvalue weighted by Crippen LogP contribution is -2.17. The van der Waals surface area contributed by atoms with Crippen molar-refractivity contribution in [1.82, 2.24) is 5.32 Å². The third-order valence-corrected chi connectivity index (χ3v) is 2.52. The molecule has 0 aliphatic carbocycles. The van der Waals surface area contributed by atoms with Crippen LogP contribution in [0.5, 0.6) is 5.75 Å². The fourth-order valence-corrected chi connectivity index (χ4v) is 1.52. The maximum absolute atomic E-state index is 9.15. The highest BCUT2D eigenvalue weighted by atomic mass is 16.3. The molecule has 16 heavy (non-hydrogen) atoms. The molecule has 0 saturated heterocycles. The third kappa shape index (κ3) is 2.64. The summed E-state index contributed by atoms with van der Waals surface area (Å²) in [6, 6.07) is 11.2. The quantitative estimate of drug-likeness (QED) is 0.827. The van der Waals surface area contributed by atoms with Crippen molar-refractivity contribution in [2.24, 2.45) is 0 Å². The average molecular weight is 217 g/mol. The van der Waals surface area contributed by atoms with Gasteiger partial charge in [-0.05, 0) is 36.8 Å². The molecule has 3 heteroatoms. The Balaban J connectivity index is 1.90. The minimum atomic E-state index is 0.184. The Labute approximate surface area is 94.7 Å². The van der Waals surface area contributed by atoms with Crippen LogP contribution in [0.3, 0.4) is 0 Å². The van der Waals surface area contributed by atoms with Crippen LogP contribution in [0, 0.1) is 0 Å². The summed E-state index contributed by atoms with van der Waals surface area (Å²) in [6.07, 6.45) is 1.67. The monoisotopic (exact) mass is 217 g/mol. The van der Waals surface area contributed by atoms with Gasteiger partial charge in [0.2, 0.25) is 0 Å². The molecule has 0 spiro atoms. The summed E-state index contributed by atoms with van der Waals surface area (Å²) in [5.41, 5.74) is 1.14. The Hall–Kier alpha value is -1.74. The van der Waals surface area contributed by atoms with Gasteiger partial charge < -0.3 is 14.8 Å². The van der Waals surface area contributed by atoms with Crippen molar-refractivity contribution in [2.75, 3.05) is 0 Å². The Morgan fingerprint density at radius 2 is 2.00 bits per heavy atom. The molecule has 1 aromatic heterocycles. The summed E-state index contributed by atoms with van der Waals surface area (Å²) < 4.78 is 5.30. The summed E-state index contributed by atoms with van der Waals surface area (Å²) in [7, 11) is 0. The van der Waals surface area contributed by atoms with Crippen LogP contribution < -0.4 is 5.32 Å². The summed E-state index contributed by atoms with van der Waals surface area (Å²) in [4.78, 5) is 0. The maximum atomic E-state index is 9.15. The lowest BCUT2D eigenvalue weighted by atomic mass is 10.2. The van der Waals surface area contributed by atoms with Crippen molar-refractivity contribution in [3.8, 4) is 5.75 Å². The van der Waals surface area contributed by atoms with Crippen LogP contribution in [-0.4, -0.2) is 5.11 Å². The number of hydrogen-bond acceptors (Lipinski definition) is 3. The zero-order chi connectivity index (χ0) is 11.4. The van der Waals surface area contributed by atoms with Gasteiger partial charge in [-0.15, -0.1) is 0 Å². The standard InChI is InChI=1S/C13H15NO2/c1-10(13-3-2-8-16-13)14-9-11-4-6-12(15)7-5-11/h2-8,10,14-15H,9H2,1H3. The van der Waals surface area contributed by atoms with E-state index in [2.05, 4.69) is 12.2 Å². The van der Waals surface area contributed by atoms with Gasteiger partial charge in [0.05, 0.1) is 12.3 Å². The normalized spacial score (nSPS) is 12.6. The first-order valence-corrected chi connectivity index (χ1v) is 5.30. The molecule has 3 nitrogen and oxygen atoms in total. The molecule has 0 aliphatic heterocycles. The number of aromatic hydroxyl groups is 1. The molecule has 0 radical (unpaired) electrons.